The average molecular weight is 592 g/mol. The van der Waals surface area contributed by atoms with Gasteiger partial charge in [0.05, 0.1) is 27.8 Å². The Labute approximate surface area is 262 Å². The zero-order valence-corrected chi connectivity index (χ0v) is 24.6. The first-order chi connectivity index (χ1) is 22.7. The normalized spacial score (nSPS) is 12.1. The van der Waals surface area contributed by atoms with Gasteiger partial charge >= 0.3 is 7.12 Å². The largest absolute Gasteiger partial charge is 0.492 e. The van der Waals surface area contributed by atoms with Crippen LogP contribution in [-0.2, 0) is 0 Å². The molecule has 0 amide bonds. The molecule has 7 aromatic carbocycles. The SMILES string of the molecule is OB(O)c1cc2ccccc2c2c1oc1c(-n3c4ccccc4c4cc5c6ccccc6n(-c6ccccc6)c5cc43)cccc12. The second-order valence-electron chi connectivity index (χ2n) is 11.9. The smallest absolute Gasteiger partial charge is 0.454 e. The van der Waals surface area contributed by atoms with Crippen LogP contribution in [0.15, 0.2) is 144 Å². The number of furan rings is 1. The van der Waals surface area contributed by atoms with Gasteiger partial charge in [0.15, 0.2) is 5.58 Å². The molecule has 216 valence electrons. The molecule has 5 nitrogen and oxygen atoms in total. The Bertz CT molecular complexity index is 2840. The van der Waals surface area contributed by atoms with Crippen molar-refractivity contribution in [3.05, 3.63) is 140 Å². The highest BCUT2D eigenvalue weighted by atomic mass is 16.4. The predicted octanol–water partition coefficient (Wildman–Crippen LogP) is 8.61. The molecule has 3 heterocycles. The quantitative estimate of drug-likeness (QED) is 0.202. The molecule has 3 aromatic heterocycles. The van der Waals surface area contributed by atoms with Crippen molar-refractivity contribution in [2.24, 2.45) is 0 Å². The molecule has 0 bridgehead atoms. The third-order valence-corrected chi connectivity index (χ3v) is 9.50. The topological polar surface area (TPSA) is 63.5 Å². The van der Waals surface area contributed by atoms with Crippen LogP contribution in [0.1, 0.15) is 0 Å². The highest BCUT2D eigenvalue weighted by molar-refractivity contribution is 6.62. The Morgan fingerprint density at radius 3 is 1.80 bits per heavy atom. The fraction of sp³-hybridized carbons (Fsp3) is 0. The average Bonchev–Trinajstić information content (AvgIpc) is 3.75. The summed E-state index contributed by atoms with van der Waals surface area (Å²) in [7, 11) is -1.67. The molecule has 10 rings (SSSR count). The van der Waals surface area contributed by atoms with E-state index in [-0.39, 0.29) is 0 Å². The van der Waals surface area contributed by atoms with Gasteiger partial charge in [-0.2, -0.15) is 0 Å². The molecule has 0 saturated carbocycles. The van der Waals surface area contributed by atoms with E-state index < -0.39 is 7.12 Å². The van der Waals surface area contributed by atoms with E-state index in [0.29, 0.717) is 16.6 Å². The van der Waals surface area contributed by atoms with Crippen LogP contribution >= 0.6 is 0 Å². The predicted molar refractivity (Wildman–Crippen MR) is 190 cm³/mol. The molecule has 10 aromatic rings. The van der Waals surface area contributed by atoms with Crippen LogP contribution in [0.5, 0.6) is 0 Å². The number of nitrogens with zero attached hydrogens (tertiary/aromatic N) is 2. The summed E-state index contributed by atoms with van der Waals surface area (Å²) < 4.78 is 11.3. The molecular weight excluding hydrogens is 567 g/mol. The Morgan fingerprint density at radius 1 is 0.457 bits per heavy atom. The summed E-state index contributed by atoms with van der Waals surface area (Å²) in [6.07, 6.45) is 0. The molecule has 0 saturated heterocycles. The number of rotatable bonds is 3. The lowest BCUT2D eigenvalue weighted by atomic mass is 9.78. The van der Waals surface area contributed by atoms with Crippen LogP contribution in [0.3, 0.4) is 0 Å². The van der Waals surface area contributed by atoms with Crippen molar-refractivity contribution in [3.8, 4) is 11.4 Å². The van der Waals surface area contributed by atoms with Crippen LogP contribution < -0.4 is 5.46 Å². The first-order valence-electron chi connectivity index (χ1n) is 15.4. The zero-order chi connectivity index (χ0) is 30.5. The maximum absolute atomic E-state index is 10.4. The fourth-order valence-corrected chi connectivity index (χ4v) is 7.57. The van der Waals surface area contributed by atoms with E-state index in [1.807, 2.05) is 30.3 Å². The van der Waals surface area contributed by atoms with Gasteiger partial charge in [-0.15, -0.1) is 0 Å². The monoisotopic (exact) mass is 592 g/mol. The first kappa shape index (κ1) is 25.5. The van der Waals surface area contributed by atoms with Crippen molar-refractivity contribution in [2.75, 3.05) is 0 Å². The number of para-hydroxylation sites is 4. The van der Waals surface area contributed by atoms with E-state index in [0.717, 1.165) is 65.8 Å². The van der Waals surface area contributed by atoms with Gasteiger partial charge < -0.3 is 23.6 Å². The van der Waals surface area contributed by atoms with Gasteiger partial charge in [0.25, 0.3) is 0 Å². The van der Waals surface area contributed by atoms with Crippen LogP contribution in [0.4, 0.5) is 0 Å². The second kappa shape index (κ2) is 9.35. The third-order valence-electron chi connectivity index (χ3n) is 9.50. The van der Waals surface area contributed by atoms with Crippen LogP contribution in [-0.4, -0.2) is 26.3 Å². The van der Waals surface area contributed by atoms with Gasteiger partial charge in [-0.1, -0.05) is 97.1 Å². The molecule has 46 heavy (non-hydrogen) atoms. The molecule has 0 radical (unpaired) electrons. The van der Waals surface area contributed by atoms with Gasteiger partial charge in [0.1, 0.15) is 5.58 Å². The molecular formula is C40H25BN2O3. The Morgan fingerprint density at radius 2 is 1.07 bits per heavy atom. The summed E-state index contributed by atoms with van der Waals surface area (Å²) >= 11 is 0. The maximum atomic E-state index is 10.4. The molecule has 0 fully saturated rings. The van der Waals surface area contributed by atoms with Crippen molar-refractivity contribution < 1.29 is 14.5 Å². The first-order valence-corrected chi connectivity index (χ1v) is 15.4. The summed E-state index contributed by atoms with van der Waals surface area (Å²) in [6, 6.07) is 48.3. The fourth-order valence-electron chi connectivity index (χ4n) is 7.57. The highest BCUT2D eigenvalue weighted by Gasteiger charge is 2.25. The van der Waals surface area contributed by atoms with E-state index in [1.165, 1.54) is 10.8 Å². The molecule has 0 aliphatic heterocycles. The second-order valence-corrected chi connectivity index (χ2v) is 11.9. The van der Waals surface area contributed by atoms with Gasteiger partial charge in [-0.05, 0) is 53.2 Å². The number of hydrogen-bond donors (Lipinski definition) is 2. The minimum atomic E-state index is -1.67. The van der Waals surface area contributed by atoms with Crippen LogP contribution in [0, 0.1) is 0 Å². The summed E-state index contributed by atoms with van der Waals surface area (Å²) in [5, 5.41) is 29.3. The van der Waals surface area contributed by atoms with E-state index in [4.69, 9.17) is 4.42 Å². The molecule has 0 aliphatic carbocycles. The molecule has 0 atom stereocenters. The Hall–Kier alpha value is -5.82. The lowest BCUT2D eigenvalue weighted by Gasteiger charge is -2.10. The third kappa shape index (κ3) is 3.37. The molecule has 0 aliphatic rings. The zero-order valence-electron chi connectivity index (χ0n) is 24.6. The van der Waals surface area contributed by atoms with Gasteiger partial charge in [-0.25, -0.2) is 0 Å². The lowest BCUT2D eigenvalue weighted by Crippen LogP contribution is -2.30. The lowest BCUT2D eigenvalue weighted by molar-refractivity contribution is 0.425. The minimum absolute atomic E-state index is 0.354. The van der Waals surface area contributed by atoms with Crippen molar-refractivity contribution in [3.63, 3.8) is 0 Å². The van der Waals surface area contributed by atoms with E-state index in [1.54, 1.807) is 0 Å². The number of benzene rings is 7. The number of hydrogen-bond acceptors (Lipinski definition) is 3. The van der Waals surface area contributed by atoms with Crippen LogP contribution in [0.2, 0.25) is 0 Å². The molecule has 6 heteroatoms. The Kier molecular flexibility index (Phi) is 5.18. The van der Waals surface area contributed by atoms with Crippen molar-refractivity contribution in [1.82, 2.24) is 9.13 Å². The maximum Gasteiger partial charge on any atom is 0.492 e. The standard InChI is InChI=1S/C40H25BN2O3/c44-41(45)32-21-24-11-4-5-14-26(24)38-29-17-10-20-35(39(29)46-40(32)38)43-34-19-9-7-16-28(34)31-22-30-27-15-6-8-18-33(27)42(36(30)23-37(31)43)25-12-2-1-3-13-25/h1-23,44-45H. The molecule has 2 N–H and O–H groups in total. The summed E-state index contributed by atoms with van der Waals surface area (Å²) in [5.74, 6) is 0. The van der Waals surface area contributed by atoms with Crippen molar-refractivity contribution >= 4 is 88.9 Å². The van der Waals surface area contributed by atoms with Gasteiger partial charge in [0.2, 0.25) is 0 Å². The summed E-state index contributed by atoms with van der Waals surface area (Å²) in [6.45, 7) is 0. The minimum Gasteiger partial charge on any atom is -0.454 e. The van der Waals surface area contributed by atoms with Gasteiger partial charge in [0, 0.05) is 43.5 Å². The summed E-state index contributed by atoms with van der Waals surface area (Å²) in [4.78, 5) is 0. The van der Waals surface area contributed by atoms with E-state index in [9.17, 15) is 10.0 Å². The van der Waals surface area contributed by atoms with E-state index in [2.05, 4.69) is 118 Å². The van der Waals surface area contributed by atoms with Gasteiger partial charge in [-0.3, -0.25) is 0 Å². The highest BCUT2D eigenvalue weighted by Crippen LogP contribution is 2.42. The van der Waals surface area contributed by atoms with E-state index >= 15 is 0 Å². The molecule has 0 spiro atoms. The summed E-state index contributed by atoms with van der Waals surface area (Å²) in [5.41, 5.74) is 7.96. The van der Waals surface area contributed by atoms with Crippen LogP contribution in [0.25, 0.3) is 87.7 Å². The number of aromatic nitrogens is 2. The molecule has 0 unspecified atom stereocenters. The van der Waals surface area contributed by atoms with Crippen molar-refractivity contribution in [1.29, 1.82) is 0 Å². The number of fused-ring (bicyclic) bond motifs is 11. The van der Waals surface area contributed by atoms with Crippen molar-refractivity contribution in [2.45, 2.75) is 0 Å². The Balaban J connectivity index is 1.38.